The van der Waals surface area contributed by atoms with Crippen LogP contribution in [0.25, 0.3) is 11.3 Å². The number of piperazine rings is 1. The molecule has 3 rings (SSSR count). The van der Waals surface area contributed by atoms with Gasteiger partial charge in [-0.1, -0.05) is 0 Å². The molecule has 0 aliphatic carbocycles. The molecule has 0 radical (unpaired) electrons. The van der Waals surface area contributed by atoms with Crippen LogP contribution in [0.1, 0.15) is 10.6 Å². The monoisotopic (exact) mass is 288 g/mol. The summed E-state index contributed by atoms with van der Waals surface area (Å²) in [6, 6.07) is 9.45. The van der Waals surface area contributed by atoms with Crippen molar-refractivity contribution in [1.82, 2.24) is 9.80 Å². The van der Waals surface area contributed by atoms with Crippen molar-refractivity contribution in [3.05, 3.63) is 48.0 Å². The van der Waals surface area contributed by atoms with Crippen LogP contribution in [0.3, 0.4) is 0 Å². The Morgan fingerprint density at radius 1 is 1.05 bits per heavy atom. The quantitative estimate of drug-likeness (QED) is 0.852. The third-order valence-electron chi connectivity index (χ3n) is 3.74. The number of carbonyl (C=O) groups is 1. The Hall–Kier alpha value is -2.14. The fourth-order valence-electron chi connectivity index (χ4n) is 2.39. The molecule has 110 valence electrons. The Bertz CT molecular complexity index is 628. The largest absolute Gasteiger partial charge is 0.451 e. The maximum Gasteiger partial charge on any atom is 0.289 e. The van der Waals surface area contributed by atoms with E-state index in [4.69, 9.17) is 4.42 Å². The topological polar surface area (TPSA) is 36.7 Å². The van der Waals surface area contributed by atoms with E-state index in [1.807, 2.05) is 7.05 Å². The van der Waals surface area contributed by atoms with Crippen LogP contribution in [0.15, 0.2) is 40.8 Å². The van der Waals surface area contributed by atoms with Crippen LogP contribution in [-0.2, 0) is 0 Å². The number of nitrogens with zero attached hydrogens (tertiary/aromatic N) is 2. The summed E-state index contributed by atoms with van der Waals surface area (Å²) < 4.78 is 18.5. The van der Waals surface area contributed by atoms with Crippen LogP contribution in [0.5, 0.6) is 0 Å². The van der Waals surface area contributed by atoms with Crippen molar-refractivity contribution < 1.29 is 13.6 Å². The molecule has 0 N–H and O–H groups in total. The summed E-state index contributed by atoms with van der Waals surface area (Å²) in [6.07, 6.45) is 0. The SMILES string of the molecule is CN1CCN(C(=O)c2ccc(-c3ccc(F)cc3)o2)CC1. The van der Waals surface area contributed by atoms with E-state index in [-0.39, 0.29) is 11.7 Å². The van der Waals surface area contributed by atoms with Crippen molar-refractivity contribution >= 4 is 5.91 Å². The van der Waals surface area contributed by atoms with Gasteiger partial charge in [-0.05, 0) is 43.4 Å². The third-order valence-corrected chi connectivity index (χ3v) is 3.74. The molecule has 0 unspecified atom stereocenters. The minimum Gasteiger partial charge on any atom is -0.451 e. The highest BCUT2D eigenvalue weighted by molar-refractivity contribution is 5.92. The molecule has 1 fully saturated rings. The number of amides is 1. The second-order valence-corrected chi connectivity index (χ2v) is 5.27. The highest BCUT2D eigenvalue weighted by Gasteiger charge is 2.22. The number of rotatable bonds is 2. The van der Waals surface area contributed by atoms with Gasteiger partial charge in [0.1, 0.15) is 11.6 Å². The van der Waals surface area contributed by atoms with Crippen LogP contribution in [0, 0.1) is 5.82 Å². The van der Waals surface area contributed by atoms with Crippen LogP contribution in [-0.4, -0.2) is 48.9 Å². The smallest absolute Gasteiger partial charge is 0.289 e. The number of carbonyl (C=O) groups excluding carboxylic acids is 1. The van der Waals surface area contributed by atoms with E-state index in [2.05, 4.69) is 4.90 Å². The molecule has 0 atom stereocenters. The molecule has 2 heterocycles. The first kappa shape index (κ1) is 13.8. The Labute approximate surface area is 122 Å². The number of hydrogen-bond acceptors (Lipinski definition) is 3. The molecular weight excluding hydrogens is 271 g/mol. The summed E-state index contributed by atoms with van der Waals surface area (Å²) in [7, 11) is 2.04. The molecule has 1 aliphatic rings. The van der Waals surface area contributed by atoms with E-state index in [0.717, 1.165) is 18.7 Å². The van der Waals surface area contributed by atoms with Gasteiger partial charge in [0.15, 0.2) is 5.76 Å². The second-order valence-electron chi connectivity index (χ2n) is 5.27. The number of benzene rings is 1. The average Bonchev–Trinajstić information content (AvgIpc) is 2.98. The Balaban J connectivity index is 1.75. The Kier molecular flexibility index (Phi) is 3.75. The molecular formula is C16H17FN2O2. The molecule has 1 aromatic carbocycles. The third kappa shape index (κ3) is 2.97. The summed E-state index contributed by atoms with van der Waals surface area (Å²) >= 11 is 0. The molecule has 0 bridgehead atoms. The van der Waals surface area contributed by atoms with Gasteiger partial charge >= 0.3 is 0 Å². The predicted octanol–water partition coefficient (Wildman–Crippen LogP) is 2.47. The number of hydrogen-bond donors (Lipinski definition) is 0. The normalized spacial score (nSPS) is 16.2. The molecule has 1 aliphatic heterocycles. The zero-order valence-electron chi connectivity index (χ0n) is 11.9. The molecule has 1 saturated heterocycles. The summed E-state index contributed by atoms with van der Waals surface area (Å²) in [4.78, 5) is 16.3. The van der Waals surface area contributed by atoms with Gasteiger partial charge in [0, 0.05) is 31.7 Å². The number of likely N-dealkylation sites (N-methyl/N-ethyl adjacent to an activating group) is 1. The maximum atomic E-state index is 12.9. The Morgan fingerprint density at radius 3 is 2.38 bits per heavy atom. The lowest BCUT2D eigenvalue weighted by Crippen LogP contribution is -2.47. The van der Waals surface area contributed by atoms with E-state index in [1.54, 1.807) is 29.2 Å². The van der Waals surface area contributed by atoms with Gasteiger partial charge in [-0.15, -0.1) is 0 Å². The van der Waals surface area contributed by atoms with Gasteiger partial charge in [0.25, 0.3) is 5.91 Å². The van der Waals surface area contributed by atoms with Crippen molar-refractivity contribution in [3.63, 3.8) is 0 Å². The van der Waals surface area contributed by atoms with Gasteiger partial charge in [-0.2, -0.15) is 0 Å². The molecule has 4 nitrogen and oxygen atoms in total. The molecule has 21 heavy (non-hydrogen) atoms. The van der Waals surface area contributed by atoms with Crippen molar-refractivity contribution in [2.75, 3.05) is 33.2 Å². The first-order chi connectivity index (χ1) is 10.1. The molecule has 1 aromatic heterocycles. The van der Waals surface area contributed by atoms with Crippen molar-refractivity contribution in [2.45, 2.75) is 0 Å². The van der Waals surface area contributed by atoms with Crippen LogP contribution in [0.2, 0.25) is 0 Å². The fourth-order valence-corrected chi connectivity index (χ4v) is 2.39. The number of furan rings is 1. The Morgan fingerprint density at radius 2 is 1.71 bits per heavy atom. The van der Waals surface area contributed by atoms with Crippen LogP contribution in [0.4, 0.5) is 4.39 Å². The first-order valence-corrected chi connectivity index (χ1v) is 6.97. The highest BCUT2D eigenvalue weighted by Crippen LogP contribution is 2.23. The zero-order chi connectivity index (χ0) is 14.8. The second kappa shape index (κ2) is 5.69. The van der Waals surface area contributed by atoms with Crippen molar-refractivity contribution in [1.29, 1.82) is 0 Å². The zero-order valence-corrected chi connectivity index (χ0v) is 11.9. The molecule has 0 spiro atoms. The standard InChI is InChI=1S/C16H17FN2O2/c1-18-8-10-19(11-9-18)16(20)15-7-6-14(21-15)12-2-4-13(17)5-3-12/h2-7H,8-11H2,1H3. The van der Waals surface area contributed by atoms with Gasteiger partial charge in [-0.3, -0.25) is 4.79 Å². The summed E-state index contributed by atoms with van der Waals surface area (Å²) in [5.41, 5.74) is 0.758. The first-order valence-electron chi connectivity index (χ1n) is 6.97. The summed E-state index contributed by atoms with van der Waals surface area (Å²) in [6.45, 7) is 3.17. The van der Waals surface area contributed by atoms with Crippen molar-refractivity contribution in [2.24, 2.45) is 0 Å². The van der Waals surface area contributed by atoms with E-state index < -0.39 is 0 Å². The van der Waals surface area contributed by atoms with E-state index >= 15 is 0 Å². The van der Waals surface area contributed by atoms with E-state index in [0.29, 0.717) is 24.6 Å². The average molecular weight is 288 g/mol. The molecule has 2 aromatic rings. The number of halogens is 1. The van der Waals surface area contributed by atoms with E-state index in [9.17, 15) is 9.18 Å². The lowest BCUT2D eigenvalue weighted by molar-refractivity contribution is 0.0633. The fraction of sp³-hybridized carbons (Fsp3) is 0.312. The van der Waals surface area contributed by atoms with E-state index in [1.165, 1.54) is 12.1 Å². The lowest BCUT2D eigenvalue weighted by atomic mass is 10.2. The lowest BCUT2D eigenvalue weighted by Gasteiger charge is -2.31. The van der Waals surface area contributed by atoms with Crippen LogP contribution < -0.4 is 0 Å². The van der Waals surface area contributed by atoms with Crippen molar-refractivity contribution in [3.8, 4) is 11.3 Å². The minimum absolute atomic E-state index is 0.0866. The predicted molar refractivity (Wildman–Crippen MR) is 77.5 cm³/mol. The molecule has 0 saturated carbocycles. The molecule has 5 heteroatoms. The highest BCUT2D eigenvalue weighted by atomic mass is 19.1. The van der Waals surface area contributed by atoms with Crippen LogP contribution >= 0.6 is 0 Å². The summed E-state index contributed by atoms with van der Waals surface area (Å²) in [5.74, 6) is 0.529. The maximum absolute atomic E-state index is 12.9. The molecule has 1 amide bonds. The minimum atomic E-state index is -0.293. The van der Waals surface area contributed by atoms with Gasteiger partial charge in [0.2, 0.25) is 0 Å². The van der Waals surface area contributed by atoms with Gasteiger partial charge in [-0.25, -0.2) is 4.39 Å². The van der Waals surface area contributed by atoms with Gasteiger partial charge in [0.05, 0.1) is 0 Å². The van der Waals surface area contributed by atoms with Gasteiger partial charge < -0.3 is 14.2 Å². The summed E-state index contributed by atoms with van der Waals surface area (Å²) in [5, 5.41) is 0.